The lowest BCUT2D eigenvalue weighted by Gasteiger charge is -2.43. The van der Waals surface area contributed by atoms with Crippen LogP contribution in [0.1, 0.15) is 42.5 Å². The number of nitrogens with one attached hydrogen (secondary N) is 1. The van der Waals surface area contributed by atoms with Gasteiger partial charge < -0.3 is 20.7 Å². The summed E-state index contributed by atoms with van der Waals surface area (Å²) in [6, 6.07) is 7.49. The molecule has 2 bridgehead atoms. The van der Waals surface area contributed by atoms with E-state index >= 15 is 0 Å². The number of ether oxygens (including phenoxy) is 1. The highest BCUT2D eigenvalue weighted by molar-refractivity contribution is 5.96. The number of morpholine rings is 1. The minimum atomic E-state index is 0.0188. The Bertz CT molecular complexity index is 670. The van der Waals surface area contributed by atoms with Crippen LogP contribution in [-0.4, -0.2) is 49.1 Å². The summed E-state index contributed by atoms with van der Waals surface area (Å²) in [5.41, 5.74) is 7.73. The van der Waals surface area contributed by atoms with Crippen molar-refractivity contribution < 1.29 is 14.3 Å². The quantitative estimate of drug-likeness (QED) is 0.853. The van der Waals surface area contributed by atoms with Gasteiger partial charge in [-0.1, -0.05) is 6.42 Å². The van der Waals surface area contributed by atoms with Crippen LogP contribution in [0.2, 0.25) is 0 Å². The summed E-state index contributed by atoms with van der Waals surface area (Å²) in [4.78, 5) is 27.0. The number of fused-ring (bicyclic) bond motifs is 2. The highest BCUT2D eigenvalue weighted by Crippen LogP contribution is 2.42. The Labute approximate surface area is 160 Å². The summed E-state index contributed by atoms with van der Waals surface area (Å²) >= 11 is 0. The van der Waals surface area contributed by atoms with Gasteiger partial charge in [0, 0.05) is 36.3 Å². The Kier molecular flexibility index (Phi) is 5.45. The number of nitrogens with zero attached hydrogens (tertiary/aromatic N) is 1. The molecule has 2 atom stereocenters. The Balaban J connectivity index is 1.35. The van der Waals surface area contributed by atoms with E-state index in [1.165, 1.54) is 6.42 Å². The maximum absolute atomic E-state index is 12.7. The van der Waals surface area contributed by atoms with E-state index in [0.717, 1.165) is 31.4 Å². The lowest BCUT2D eigenvalue weighted by atomic mass is 9.65. The normalized spacial score (nSPS) is 30.6. The van der Waals surface area contributed by atoms with E-state index < -0.39 is 0 Å². The molecule has 2 aliphatic carbocycles. The summed E-state index contributed by atoms with van der Waals surface area (Å²) in [5, 5.41) is 3.04. The third-order valence-corrected chi connectivity index (χ3v) is 6.48. The van der Waals surface area contributed by atoms with Gasteiger partial charge in [0.15, 0.2) is 0 Å². The number of benzene rings is 1. The number of carbonyl (C=O) groups excluding carboxylic acids is 2. The van der Waals surface area contributed by atoms with Crippen molar-refractivity contribution in [3.63, 3.8) is 0 Å². The largest absolute Gasteiger partial charge is 0.378 e. The second-order valence-corrected chi connectivity index (χ2v) is 8.17. The Morgan fingerprint density at radius 2 is 1.67 bits per heavy atom. The third-order valence-electron chi connectivity index (χ3n) is 6.48. The molecular formula is C21H29N3O3. The summed E-state index contributed by atoms with van der Waals surface area (Å²) in [7, 11) is 0. The van der Waals surface area contributed by atoms with Crippen LogP contribution in [0.5, 0.6) is 0 Å². The van der Waals surface area contributed by atoms with Gasteiger partial charge in [0.05, 0.1) is 13.2 Å². The first-order chi connectivity index (χ1) is 13.1. The van der Waals surface area contributed by atoms with Gasteiger partial charge >= 0.3 is 0 Å². The Morgan fingerprint density at radius 1 is 1.04 bits per heavy atom. The molecule has 0 spiro atoms. The van der Waals surface area contributed by atoms with Crippen LogP contribution in [0.3, 0.4) is 0 Å². The van der Waals surface area contributed by atoms with Crippen molar-refractivity contribution in [1.29, 1.82) is 0 Å². The van der Waals surface area contributed by atoms with Crippen molar-refractivity contribution in [2.24, 2.45) is 23.5 Å². The number of anilines is 1. The standard InChI is InChI=1S/C21H29N3O3/c22-19-15-2-1-3-16(19)13-17(12-15)20(25)23-18-6-4-14(5-7-18)21(26)24-8-10-27-11-9-24/h4-7,15-17,19H,1-3,8-13,22H2,(H,23,25). The minimum absolute atomic E-state index is 0.0188. The molecule has 3 aliphatic rings. The summed E-state index contributed by atoms with van der Waals surface area (Å²) in [6.07, 6.45) is 5.35. The van der Waals surface area contributed by atoms with E-state index in [1.807, 2.05) is 12.1 Å². The van der Waals surface area contributed by atoms with Gasteiger partial charge in [0.25, 0.3) is 5.91 Å². The Morgan fingerprint density at radius 3 is 2.30 bits per heavy atom. The van der Waals surface area contributed by atoms with Crippen molar-refractivity contribution in [2.45, 2.75) is 38.1 Å². The molecule has 1 saturated heterocycles. The number of hydrogen-bond acceptors (Lipinski definition) is 4. The lowest BCUT2D eigenvalue weighted by molar-refractivity contribution is -0.122. The highest BCUT2D eigenvalue weighted by Gasteiger charge is 2.40. The molecule has 27 heavy (non-hydrogen) atoms. The first-order valence-corrected chi connectivity index (χ1v) is 10.2. The summed E-state index contributed by atoms with van der Waals surface area (Å²) < 4.78 is 5.29. The fourth-order valence-corrected chi connectivity index (χ4v) is 4.89. The van der Waals surface area contributed by atoms with Crippen molar-refractivity contribution in [3.8, 4) is 0 Å². The van der Waals surface area contributed by atoms with Crippen LogP contribution in [0, 0.1) is 17.8 Å². The molecule has 2 amide bonds. The SMILES string of the molecule is NC1C2CCCC1CC(C(=O)Nc1ccc(C(=O)N3CCOCC3)cc1)C2. The fourth-order valence-electron chi connectivity index (χ4n) is 4.89. The van der Waals surface area contributed by atoms with Crippen LogP contribution in [-0.2, 0) is 9.53 Å². The third kappa shape index (κ3) is 4.01. The van der Waals surface area contributed by atoms with Gasteiger partial charge in [-0.05, 0) is 61.8 Å². The maximum Gasteiger partial charge on any atom is 0.254 e. The predicted molar refractivity (Wildman–Crippen MR) is 103 cm³/mol. The summed E-state index contributed by atoms with van der Waals surface area (Å²) in [6.45, 7) is 2.44. The number of hydrogen-bond donors (Lipinski definition) is 2. The van der Waals surface area contributed by atoms with E-state index in [0.29, 0.717) is 43.7 Å². The molecule has 1 aromatic carbocycles. The molecule has 6 nitrogen and oxygen atoms in total. The Hall–Kier alpha value is -1.92. The molecule has 146 valence electrons. The molecule has 1 heterocycles. The summed E-state index contributed by atoms with van der Waals surface area (Å²) in [5.74, 6) is 1.13. The molecule has 2 saturated carbocycles. The molecular weight excluding hydrogens is 342 g/mol. The number of carbonyl (C=O) groups is 2. The number of rotatable bonds is 3. The van der Waals surface area contributed by atoms with E-state index in [4.69, 9.17) is 10.5 Å². The van der Waals surface area contributed by atoms with Gasteiger partial charge in [0.1, 0.15) is 0 Å². The van der Waals surface area contributed by atoms with Crippen molar-refractivity contribution in [2.75, 3.05) is 31.6 Å². The van der Waals surface area contributed by atoms with Crippen LogP contribution in [0.15, 0.2) is 24.3 Å². The van der Waals surface area contributed by atoms with E-state index in [-0.39, 0.29) is 23.8 Å². The zero-order chi connectivity index (χ0) is 18.8. The first-order valence-electron chi connectivity index (χ1n) is 10.2. The second kappa shape index (κ2) is 7.98. The van der Waals surface area contributed by atoms with Crippen LogP contribution >= 0.6 is 0 Å². The van der Waals surface area contributed by atoms with Crippen molar-refractivity contribution in [1.82, 2.24) is 4.90 Å². The van der Waals surface area contributed by atoms with Crippen LogP contribution in [0.25, 0.3) is 0 Å². The fraction of sp³-hybridized carbons (Fsp3) is 0.619. The smallest absolute Gasteiger partial charge is 0.254 e. The zero-order valence-electron chi connectivity index (χ0n) is 15.7. The molecule has 0 radical (unpaired) electrons. The van der Waals surface area contributed by atoms with E-state index in [9.17, 15) is 9.59 Å². The van der Waals surface area contributed by atoms with Gasteiger partial charge in [-0.3, -0.25) is 9.59 Å². The zero-order valence-corrected chi connectivity index (χ0v) is 15.7. The maximum atomic E-state index is 12.7. The average Bonchev–Trinajstić information content (AvgIpc) is 2.68. The van der Waals surface area contributed by atoms with E-state index in [2.05, 4.69) is 5.32 Å². The average molecular weight is 371 g/mol. The molecule has 1 aliphatic heterocycles. The molecule has 3 fully saturated rings. The first kappa shape index (κ1) is 18.4. The van der Waals surface area contributed by atoms with Crippen LogP contribution < -0.4 is 11.1 Å². The lowest BCUT2D eigenvalue weighted by Crippen LogP contribution is -2.48. The number of amides is 2. The predicted octanol–water partition coefficient (Wildman–Crippen LogP) is 2.25. The molecule has 3 N–H and O–H groups in total. The van der Waals surface area contributed by atoms with Gasteiger partial charge in [-0.25, -0.2) is 0 Å². The minimum Gasteiger partial charge on any atom is -0.378 e. The van der Waals surface area contributed by atoms with Crippen molar-refractivity contribution >= 4 is 17.5 Å². The van der Waals surface area contributed by atoms with E-state index in [1.54, 1.807) is 17.0 Å². The monoisotopic (exact) mass is 371 g/mol. The highest BCUT2D eigenvalue weighted by atomic mass is 16.5. The van der Waals surface area contributed by atoms with Gasteiger partial charge in [0.2, 0.25) is 5.91 Å². The molecule has 2 unspecified atom stereocenters. The molecule has 6 heteroatoms. The topological polar surface area (TPSA) is 84.7 Å². The molecule has 1 aromatic rings. The number of nitrogens with two attached hydrogens (primary N) is 1. The van der Waals surface area contributed by atoms with Crippen LogP contribution in [0.4, 0.5) is 5.69 Å². The molecule has 0 aromatic heterocycles. The van der Waals surface area contributed by atoms with Gasteiger partial charge in [-0.2, -0.15) is 0 Å². The van der Waals surface area contributed by atoms with Crippen molar-refractivity contribution in [3.05, 3.63) is 29.8 Å². The molecule has 4 rings (SSSR count). The van der Waals surface area contributed by atoms with Gasteiger partial charge in [-0.15, -0.1) is 0 Å². The second-order valence-electron chi connectivity index (χ2n) is 8.17.